The number of esters is 1. The molecule has 1 saturated heterocycles. The maximum atomic E-state index is 12.5. The molecular weight excluding hydrogens is 827 g/mol. The van der Waals surface area contributed by atoms with E-state index in [1.807, 2.05) is 145 Å². The Hall–Kier alpha value is -7.78. The molecule has 330 valence electrons. The van der Waals surface area contributed by atoms with E-state index < -0.39 is 35.0 Å². The van der Waals surface area contributed by atoms with Gasteiger partial charge in [0.05, 0.1) is 20.5 Å². The van der Waals surface area contributed by atoms with E-state index in [2.05, 4.69) is 47.6 Å². The third kappa shape index (κ3) is 7.91. The number of nitrogens with zero attached hydrogens (tertiary/aromatic N) is 4. The standard InChI is InChI=1S/C55H49N5O6/c1-6-53(36-64-39(3)61)48(65-55(43-23-15-9-16-24-43,44-25-17-10-18-26-44)45-29-33-47(63-5)34-30-45)35-49(66-53)60-37-56-50-51(57-38(2)58-52(50)60)59-54(40-19-11-7-12-20-40,41-21-13-8-14-22-41)42-27-31-46(62-4)32-28-42/h1,7-34,37,48-49H,35-36H2,2-5H3,(H,57,58,59)/t48-,49+,53+/m0/s1. The number of nitrogens with one attached hydrogen (secondary N) is 1. The predicted octanol–water partition coefficient (Wildman–Crippen LogP) is 9.79. The number of carbonyl (C=O) groups excluding carboxylic acids is 1. The summed E-state index contributed by atoms with van der Waals surface area (Å²) in [5, 5.41) is 3.90. The summed E-state index contributed by atoms with van der Waals surface area (Å²) in [6.07, 6.45) is 6.80. The number of imidazole rings is 1. The largest absolute Gasteiger partial charge is 0.497 e. The monoisotopic (exact) mass is 875 g/mol. The van der Waals surface area contributed by atoms with E-state index in [9.17, 15) is 4.79 Å². The van der Waals surface area contributed by atoms with E-state index in [4.69, 9.17) is 45.1 Å². The summed E-state index contributed by atoms with van der Waals surface area (Å²) in [6, 6.07) is 56.3. The third-order valence-electron chi connectivity index (χ3n) is 12.3. The Morgan fingerprint density at radius 3 is 1.68 bits per heavy atom. The molecular formula is C55H49N5O6. The number of benzene rings is 6. The van der Waals surface area contributed by atoms with Gasteiger partial charge in [0.2, 0.25) is 0 Å². The van der Waals surface area contributed by atoms with Gasteiger partial charge in [-0.15, -0.1) is 6.42 Å². The number of aryl methyl sites for hydroxylation is 1. The minimum Gasteiger partial charge on any atom is -0.497 e. The lowest BCUT2D eigenvalue weighted by Gasteiger charge is -2.41. The van der Waals surface area contributed by atoms with Crippen LogP contribution in [0.4, 0.5) is 5.82 Å². The van der Waals surface area contributed by atoms with E-state index in [1.54, 1.807) is 20.5 Å². The van der Waals surface area contributed by atoms with E-state index in [1.165, 1.54) is 6.92 Å². The summed E-state index contributed by atoms with van der Waals surface area (Å²) >= 11 is 0. The number of hydrogen-bond donors (Lipinski definition) is 1. The van der Waals surface area contributed by atoms with Crippen LogP contribution in [0.1, 0.15) is 58.8 Å². The molecule has 11 heteroatoms. The van der Waals surface area contributed by atoms with Crippen molar-refractivity contribution < 1.29 is 28.5 Å². The Balaban J connectivity index is 1.18. The number of carbonyl (C=O) groups is 1. The highest BCUT2D eigenvalue weighted by Gasteiger charge is 2.55. The fourth-order valence-electron chi connectivity index (χ4n) is 9.08. The van der Waals surface area contributed by atoms with Crippen LogP contribution in [0.2, 0.25) is 0 Å². The van der Waals surface area contributed by atoms with Crippen LogP contribution in [-0.4, -0.2) is 58.0 Å². The highest BCUT2D eigenvalue weighted by atomic mass is 16.6. The van der Waals surface area contributed by atoms with Gasteiger partial charge in [0.1, 0.15) is 47.4 Å². The zero-order valence-corrected chi connectivity index (χ0v) is 37.1. The van der Waals surface area contributed by atoms with Crippen molar-refractivity contribution >= 4 is 23.0 Å². The second kappa shape index (κ2) is 18.4. The summed E-state index contributed by atoms with van der Waals surface area (Å²) in [7, 11) is 3.29. The number of ether oxygens (including phenoxy) is 5. The second-order valence-corrected chi connectivity index (χ2v) is 16.1. The quantitative estimate of drug-likeness (QED) is 0.0606. The van der Waals surface area contributed by atoms with Gasteiger partial charge in [-0.2, -0.15) is 0 Å². The van der Waals surface area contributed by atoms with Crippen molar-refractivity contribution in [1.29, 1.82) is 0 Å². The van der Waals surface area contributed by atoms with Crippen molar-refractivity contribution in [3.63, 3.8) is 0 Å². The second-order valence-electron chi connectivity index (χ2n) is 16.1. The van der Waals surface area contributed by atoms with Gasteiger partial charge in [-0.1, -0.05) is 152 Å². The van der Waals surface area contributed by atoms with Crippen LogP contribution < -0.4 is 14.8 Å². The summed E-state index contributed by atoms with van der Waals surface area (Å²) < 4.78 is 33.3. The van der Waals surface area contributed by atoms with Gasteiger partial charge in [0.15, 0.2) is 22.6 Å². The lowest BCUT2D eigenvalue weighted by molar-refractivity contribution is -0.163. The van der Waals surface area contributed by atoms with Crippen LogP contribution in [0.25, 0.3) is 11.2 Å². The number of methoxy groups -OCH3 is 2. The molecule has 9 rings (SSSR count). The molecule has 11 nitrogen and oxygen atoms in total. The Bertz CT molecular complexity index is 2880. The highest BCUT2D eigenvalue weighted by molar-refractivity contribution is 5.84. The van der Waals surface area contributed by atoms with Crippen LogP contribution in [0.3, 0.4) is 0 Å². The smallest absolute Gasteiger partial charge is 0.302 e. The molecule has 0 saturated carbocycles. The topological polar surface area (TPSA) is 119 Å². The Labute approximate surface area is 384 Å². The molecule has 66 heavy (non-hydrogen) atoms. The lowest BCUT2D eigenvalue weighted by atomic mass is 9.77. The van der Waals surface area contributed by atoms with Gasteiger partial charge in [0, 0.05) is 13.3 Å². The number of aromatic nitrogens is 4. The molecule has 3 heterocycles. The molecule has 3 atom stereocenters. The Morgan fingerprint density at radius 2 is 1.20 bits per heavy atom. The van der Waals surface area contributed by atoms with Crippen molar-refractivity contribution in [2.24, 2.45) is 0 Å². The van der Waals surface area contributed by atoms with Gasteiger partial charge in [-0.25, -0.2) is 15.0 Å². The van der Waals surface area contributed by atoms with Crippen molar-refractivity contribution in [1.82, 2.24) is 19.5 Å². The summed E-state index contributed by atoms with van der Waals surface area (Å²) in [4.78, 5) is 27.5. The average Bonchev–Trinajstić information content (AvgIpc) is 3.96. The average molecular weight is 876 g/mol. The number of anilines is 1. The summed E-state index contributed by atoms with van der Waals surface area (Å²) in [5.74, 6) is 4.82. The van der Waals surface area contributed by atoms with Gasteiger partial charge in [0.25, 0.3) is 0 Å². The summed E-state index contributed by atoms with van der Waals surface area (Å²) in [5.41, 5.74) is 2.73. The van der Waals surface area contributed by atoms with E-state index in [0.29, 0.717) is 28.6 Å². The first-order valence-electron chi connectivity index (χ1n) is 21.7. The molecule has 8 aromatic rings. The minimum absolute atomic E-state index is 0.226. The first-order valence-corrected chi connectivity index (χ1v) is 21.7. The van der Waals surface area contributed by atoms with Crippen LogP contribution in [0, 0.1) is 19.3 Å². The first-order chi connectivity index (χ1) is 32.2. The van der Waals surface area contributed by atoms with Crippen molar-refractivity contribution in [3.8, 4) is 23.8 Å². The maximum Gasteiger partial charge on any atom is 0.302 e. The zero-order chi connectivity index (χ0) is 45.7. The van der Waals surface area contributed by atoms with Gasteiger partial charge in [-0.05, 0) is 64.6 Å². The molecule has 0 spiro atoms. The maximum absolute atomic E-state index is 12.5. The molecule has 0 radical (unpaired) electrons. The summed E-state index contributed by atoms with van der Waals surface area (Å²) in [6.45, 7) is 2.92. The van der Waals surface area contributed by atoms with E-state index in [0.717, 1.165) is 39.1 Å². The fourth-order valence-corrected chi connectivity index (χ4v) is 9.08. The molecule has 6 aromatic carbocycles. The van der Waals surface area contributed by atoms with Crippen molar-refractivity contribution in [3.05, 3.63) is 215 Å². The SMILES string of the molecule is C#C[C@]1(COC(C)=O)O[C@@H](n2cnc3c(NC(c4ccccc4)(c4ccccc4)c4ccc(OC)cc4)nc(C)nc32)C[C@@H]1OC(c1ccccc1)(c1ccccc1)c1ccc(OC)cc1. The lowest BCUT2D eigenvalue weighted by Crippen LogP contribution is -2.49. The first kappa shape index (κ1) is 43.5. The van der Waals surface area contributed by atoms with Crippen LogP contribution in [-0.2, 0) is 30.1 Å². The van der Waals surface area contributed by atoms with Gasteiger partial charge >= 0.3 is 5.97 Å². The number of hydrogen-bond acceptors (Lipinski definition) is 10. The van der Waals surface area contributed by atoms with Crippen LogP contribution in [0.5, 0.6) is 11.5 Å². The predicted molar refractivity (Wildman–Crippen MR) is 253 cm³/mol. The zero-order valence-electron chi connectivity index (χ0n) is 37.1. The molecule has 0 aliphatic carbocycles. The minimum atomic E-state index is -1.55. The number of rotatable bonds is 15. The molecule has 1 aliphatic rings. The molecule has 0 amide bonds. The van der Waals surface area contributed by atoms with Crippen molar-refractivity contribution in [2.75, 3.05) is 26.1 Å². The molecule has 2 aromatic heterocycles. The third-order valence-corrected chi connectivity index (χ3v) is 12.3. The Morgan fingerprint density at radius 1 is 0.727 bits per heavy atom. The van der Waals surface area contributed by atoms with Crippen LogP contribution in [0.15, 0.2) is 176 Å². The normalized spacial score (nSPS) is 17.2. The van der Waals surface area contributed by atoms with Gasteiger partial charge in [-0.3, -0.25) is 9.36 Å². The molecule has 1 fully saturated rings. The van der Waals surface area contributed by atoms with Crippen molar-refractivity contribution in [2.45, 2.75) is 49.3 Å². The number of terminal acetylenes is 1. The molecule has 1 N–H and O–H groups in total. The van der Waals surface area contributed by atoms with E-state index in [-0.39, 0.29) is 13.0 Å². The molecule has 0 bridgehead atoms. The van der Waals surface area contributed by atoms with E-state index >= 15 is 0 Å². The molecule has 0 unspecified atom stereocenters. The fraction of sp³-hybridized carbons (Fsp3) is 0.200. The molecule has 1 aliphatic heterocycles. The Kier molecular flexibility index (Phi) is 12.1. The highest BCUT2D eigenvalue weighted by Crippen LogP contribution is 2.49. The van der Waals surface area contributed by atoms with Gasteiger partial charge < -0.3 is 29.0 Å². The van der Waals surface area contributed by atoms with Crippen LogP contribution >= 0.6 is 0 Å². The number of fused-ring (bicyclic) bond motifs is 1.